The lowest BCUT2D eigenvalue weighted by atomic mass is 10.2. The van der Waals surface area contributed by atoms with E-state index < -0.39 is 0 Å². The summed E-state index contributed by atoms with van der Waals surface area (Å²) in [5, 5.41) is 11.8. The van der Waals surface area contributed by atoms with Gasteiger partial charge in [0.05, 0.1) is 10.9 Å². The van der Waals surface area contributed by atoms with Gasteiger partial charge in [-0.25, -0.2) is 4.98 Å². The number of pyridine rings is 1. The van der Waals surface area contributed by atoms with Crippen molar-refractivity contribution < 1.29 is 4.79 Å². The van der Waals surface area contributed by atoms with Crippen molar-refractivity contribution in [3.8, 4) is 11.4 Å². The highest BCUT2D eigenvalue weighted by Crippen LogP contribution is 2.26. The molecule has 0 spiro atoms. The van der Waals surface area contributed by atoms with E-state index in [9.17, 15) is 4.79 Å². The first-order valence-corrected chi connectivity index (χ1v) is 8.85. The lowest BCUT2D eigenvalue weighted by Gasteiger charge is -2.12. The normalized spacial score (nSPS) is 12.0. The molecule has 1 amide bonds. The van der Waals surface area contributed by atoms with E-state index in [1.54, 1.807) is 25.3 Å². The van der Waals surface area contributed by atoms with Crippen LogP contribution in [0.15, 0.2) is 53.8 Å². The molecule has 2 aromatic heterocycles. The quantitative estimate of drug-likeness (QED) is 0.546. The van der Waals surface area contributed by atoms with Gasteiger partial charge in [0.1, 0.15) is 0 Å². The summed E-state index contributed by atoms with van der Waals surface area (Å²) in [5.41, 5.74) is 1.47. The molecule has 3 rings (SSSR count). The highest BCUT2D eigenvalue weighted by Gasteiger charge is 2.20. The molecule has 1 aromatic carbocycles. The number of carbonyl (C=O) groups is 1. The minimum absolute atomic E-state index is 0.177. The van der Waals surface area contributed by atoms with Crippen molar-refractivity contribution in [2.45, 2.75) is 17.3 Å². The first kappa shape index (κ1) is 17.4. The number of halogens is 1. The minimum atomic E-state index is -0.372. The van der Waals surface area contributed by atoms with E-state index in [0.717, 1.165) is 11.4 Å². The fourth-order valence-electron chi connectivity index (χ4n) is 2.18. The molecule has 1 N–H and O–H groups in total. The third-order valence-corrected chi connectivity index (χ3v) is 4.97. The van der Waals surface area contributed by atoms with Gasteiger partial charge in [-0.05, 0) is 19.1 Å². The number of nitrogens with one attached hydrogen (secondary N) is 1. The van der Waals surface area contributed by atoms with Crippen molar-refractivity contribution in [1.29, 1.82) is 0 Å². The summed E-state index contributed by atoms with van der Waals surface area (Å²) in [4.78, 5) is 16.3. The van der Waals surface area contributed by atoms with Gasteiger partial charge in [0.25, 0.3) is 0 Å². The molecular formula is C17H16ClN5OS. The van der Waals surface area contributed by atoms with Crippen LogP contribution in [0.4, 0.5) is 5.69 Å². The van der Waals surface area contributed by atoms with Crippen LogP contribution >= 0.6 is 23.4 Å². The summed E-state index contributed by atoms with van der Waals surface area (Å²) in [7, 11) is 1.88. The van der Waals surface area contributed by atoms with Crippen LogP contribution in [0.3, 0.4) is 0 Å². The number of hydrogen-bond acceptors (Lipinski definition) is 5. The molecule has 8 heteroatoms. The zero-order chi connectivity index (χ0) is 17.8. The number of anilines is 1. The lowest BCUT2D eigenvalue weighted by Crippen LogP contribution is -2.23. The van der Waals surface area contributed by atoms with Crippen LogP contribution in [0, 0.1) is 0 Å². The molecule has 0 aliphatic carbocycles. The molecular weight excluding hydrogens is 358 g/mol. The Kier molecular flexibility index (Phi) is 5.35. The van der Waals surface area contributed by atoms with Crippen molar-refractivity contribution in [2.24, 2.45) is 7.05 Å². The van der Waals surface area contributed by atoms with Crippen molar-refractivity contribution in [2.75, 3.05) is 5.32 Å². The summed E-state index contributed by atoms with van der Waals surface area (Å²) in [6.45, 7) is 1.81. The molecule has 25 heavy (non-hydrogen) atoms. The fraction of sp³-hybridized carbons (Fsp3) is 0.176. The summed E-state index contributed by atoms with van der Waals surface area (Å²) in [5.74, 6) is 0.579. The van der Waals surface area contributed by atoms with Gasteiger partial charge in [-0.2, -0.15) is 0 Å². The van der Waals surface area contributed by atoms with Gasteiger partial charge in [0, 0.05) is 18.8 Å². The molecule has 128 valence electrons. The number of rotatable bonds is 5. The number of carbonyl (C=O) groups excluding carboxylic acids is 1. The largest absolute Gasteiger partial charge is 0.322 e. The average Bonchev–Trinajstić information content (AvgIpc) is 2.98. The molecule has 0 radical (unpaired) electrons. The number of benzene rings is 1. The molecule has 2 heterocycles. The summed E-state index contributed by atoms with van der Waals surface area (Å²) >= 11 is 7.30. The first-order chi connectivity index (χ1) is 12.1. The van der Waals surface area contributed by atoms with Crippen LogP contribution in [0.25, 0.3) is 11.4 Å². The maximum atomic E-state index is 12.4. The van der Waals surface area contributed by atoms with Crippen LogP contribution in [0.1, 0.15) is 6.92 Å². The lowest BCUT2D eigenvalue weighted by molar-refractivity contribution is -0.115. The van der Waals surface area contributed by atoms with Gasteiger partial charge < -0.3 is 9.88 Å². The van der Waals surface area contributed by atoms with E-state index in [1.165, 1.54) is 11.8 Å². The Bertz CT molecular complexity index is 884. The van der Waals surface area contributed by atoms with Gasteiger partial charge in [-0.1, -0.05) is 53.7 Å². The molecule has 0 bridgehead atoms. The highest BCUT2D eigenvalue weighted by molar-refractivity contribution is 8.00. The van der Waals surface area contributed by atoms with Crippen LogP contribution in [-0.4, -0.2) is 30.9 Å². The van der Waals surface area contributed by atoms with Crippen LogP contribution < -0.4 is 5.32 Å². The topological polar surface area (TPSA) is 72.7 Å². The monoisotopic (exact) mass is 373 g/mol. The van der Waals surface area contributed by atoms with Crippen molar-refractivity contribution in [3.05, 3.63) is 53.8 Å². The first-order valence-electron chi connectivity index (χ1n) is 7.59. The Labute approximate surface area is 154 Å². The Morgan fingerprint density at radius 3 is 2.68 bits per heavy atom. The number of amides is 1. The second-order valence-corrected chi connectivity index (χ2v) is 6.99. The third kappa shape index (κ3) is 4.00. The minimum Gasteiger partial charge on any atom is -0.322 e. The Morgan fingerprint density at radius 1 is 1.20 bits per heavy atom. The molecule has 0 unspecified atom stereocenters. The maximum Gasteiger partial charge on any atom is 0.237 e. The second kappa shape index (κ2) is 7.67. The van der Waals surface area contributed by atoms with E-state index >= 15 is 0 Å². The molecule has 1 atom stereocenters. The van der Waals surface area contributed by atoms with Crippen molar-refractivity contribution >= 4 is 35.0 Å². The van der Waals surface area contributed by atoms with Gasteiger partial charge in [0.2, 0.25) is 5.91 Å². The molecule has 6 nitrogen and oxygen atoms in total. The van der Waals surface area contributed by atoms with Crippen molar-refractivity contribution in [1.82, 2.24) is 19.7 Å². The predicted molar refractivity (Wildman–Crippen MR) is 99.6 cm³/mol. The molecule has 0 saturated carbocycles. The average molecular weight is 374 g/mol. The SMILES string of the molecule is C[C@H](Sc1nnc(-c2ccccc2)n1C)C(=O)Nc1cccnc1Cl. The van der Waals surface area contributed by atoms with Gasteiger partial charge in [0.15, 0.2) is 16.1 Å². The van der Waals surface area contributed by atoms with E-state index in [0.29, 0.717) is 10.8 Å². The summed E-state index contributed by atoms with van der Waals surface area (Å²) < 4.78 is 1.88. The standard InChI is InChI=1S/C17H16ClN5OS/c1-11(16(24)20-13-9-6-10-19-14(13)18)25-17-22-21-15(23(17)2)12-7-4-3-5-8-12/h3-11H,1-2H3,(H,20,24)/t11-/m0/s1. The fourth-order valence-corrected chi connectivity index (χ4v) is 3.16. The third-order valence-electron chi connectivity index (χ3n) is 3.54. The highest BCUT2D eigenvalue weighted by atomic mass is 35.5. The Balaban J connectivity index is 1.71. The van der Waals surface area contributed by atoms with Crippen molar-refractivity contribution in [3.63, 3.8) is 0 Å². The van der Waals surface area contributed by atoms with Crippen LogP contribution in [0.5, 0.6) is 0 Å². The van der Waals surface area contributed by atoms with Gasteiger partial charge in [-0.15, -0.1) is 10.2 Å². The molecule has 0 saturated heterocycles. The number of hydrogen-bond donors (Lipinski definition) is 1. The molecule has 3 aromatic rings. The van der Waals surface area contributed by atoms with Crippen LogP contribution in [-0.2, 0) is 11.8 Å². The summed E-state index contributed by atoms with van der Waals surface area (Å²) in [6, 6.07) is 13.2. The molecule has 0 aliphatic heterocycles. The maximum absolute atomic E-state index is 12.4. The van der Waals surface area contributed by atoms with E-state index in [4.69, 9.17) is 11.6 Å². The Hall–Kier alpha value is -2.38. The van der Waals surface area contributed by atoms with E-state index in [-0.39, 0.29) is 16.3 Å². The van der Waals surface area contributed by atoms with Gasteiger partial charge >= 0.3 is 0 Å². The number of nitrogens with zero attached hydrogens (tertiary/aromatic N) is 4. The van der Waals surface area contributed by atoms with Gasteiger partial charge in [-0.3, -0.25) is 4.79 Å². The number of aromatic nitrogens is 4. The number of thioether (sulfide) groups is 1. The molecule has 0 fully saturated rings. The van der Waals surface area contributed by atoms with E-state index in [1.807, 2.05) is 41.9 Å². The zero-order valence-corrected chi connectivity index (χ0v) is 15.3. The predicted octanol–water partition coefficient (Wildman–Crippen LogP) is 3.65. The smallest absolute Gasteiger partial charge is 0.237 e. The van der Waals surface area contributed by atoms with E-state index in [2.05, 4.69) is 20.5 Å². The summed E-state index contributed by atoms with van der Waals surface area (Å²) in [6.07, 6.45) is 1.57. The van der Waals surface area contributed by atoms with Crippen LogP contribution in [0.2, 0.25) is 5.15 Å². The second-order valence-electron chi connectivity index (χ2n) is 5.32. The Morgan fingerprint density at radius 2 is 1.96 bits per heavy atom. The zero-order valence-electron chi connectivity index (χ0n) is 13.7. The molecule has 0 aliphatic rings.